The maximum absolute atomic E-state index is 11.9. The van der Waals surface area contributed by atoms with E-state index < -0.39 is 18.2 Å². The molecule has 0 aliphatic heterocycles. The van der Waals surface area contributed by atoms with Crippen molar-refractivity contribution in [3.8, 4) is 0 Å². The normalized spacial score (nSPS) is 16.1. The number of alkyl halides is 3. The van der Waals surface area contributed by atoms with E-state index in [0.29, 0.717) is 9.61 Å². The molecule has 0 spiro atoms. The Balaban J connectivity index is 2.52. The lowest BCUT2D eigenvalue weighted by atomic mass is 10.00. The van der Waals surface area contributed by atoms with E-state index in [4.69, 9.17) is 0 Å². The number of rotatable bonds is 4. The van der Waals surface area contributed by atoms with Crippen LogP contribution in [0.1, 0.15) is 31.2 Å². The number of thiazole rings is 1. The molecule has 1 atom stereocenters. The number of hydrogen-bond donors (Lipinski definition) is 1. The van der Waals surface area contributed by atoms with Gasteiger partial charge in [0, 0.05) is 11.8 Å². The highest BCUT2D eigenvalue weighted by Gasteiger charge is 2.31. The number of nitrogens with zero attached hydrogens (tertiary/aromatic N) is 1. The Morgan fingerprint density at radius 1 is 1.44 bits per heavy atom. The summed E-state index contributed by atoms with van der Waals surface area (Å²) in [7, 11) is 0. The highest BCUT2D eigenvalue weighted by atomic mass is 79.9. The first kappa shape index (κ1) is 13.9. The Labute approximate surface area is 104 Å². The SMILES string of the molecule is CC(O)(CCCC(F)(F)F)c1nc(Br)cs1. The summed E-state index contributed by atoms with van der Waals surface area (Å²) in [4.78, 5) is 4.00. The lowest BCUT2D eigenvalue weighted by molar-refractivity contribution is -0.137. The molecule has 0 aromatic carbocycles. The number of aliphatic hydroxyl groups is 1. The van der Waals surface area contributed by atoms with Crippen molar-refractivity contribution in [2.24, 2.45) is 0 Å². The van der Waals surface area contributed by atoms with Crippen LogP contribution < -0.4 is 0 Å². The lowest BCUT2D eigenvalue weighted by Gasteiger charge is -2.20. The summed E-state index contributed by atoms with van der Waals surface area (Å²) >= 11 is 4.36. The summed E-state index contributed by atoms with van der Waals surface area (Å²) in [6, 6.07) is 0. The molecule has 1 aromatic rings. The molecule has 0 amide bonds. The van der Waals surface area contributed by atoms with Crippen molar-refractivity contribution in [1.82, 2.24) is 4.98 Å². The van der Waals surface area contributed by atoms with Crippen LogP contribution in [0.4, 0.5) is 13.2 Å². The van der Waals surface area contributed by atoms with E-state index in [1.54, 1.807) is 5.38 Å². The molecule has 1 unspecified atom stereocenters. The molecule has 0 saturated heterocycles. The average Bonchev–Trinajstić information content (AvgIpc) is 2.49. The number of hydrogen-bond acceptors (Lipinski definition) is 3. The smallest absolute Gasteiger partial charge is 0.383 e. The van der Waals surface area contributed by atoms with Crippen molar-refractivity contribution in [3.63, 3.8) is 0 Å². The second-order valence-electron chi connectivity index (χ2n) is 3.72. The fourth-order valence-corrected chi connectivity index (χ4v) is 2.59. The van der Waals surface area contributed by atoms with Crippen LogP contribution in [0.15, 0.2) is 9.98 Å². The quantitative estimate of drug-likeness (QED) is 0.915. The fourth-order valence-electron chi connectivity index (χ4n) is 1.24. The van der Waals surface area contributed by atoms with Crippen LogP contribution in [0, 0.1) is 0 Å². The maximum Gasteiger partial charge on any atom is 0.389 e. The van der Waals surface area contributed by atoms with Gasteiger partial charge in [0.25, 0.3) is 0 Å². The minimum atomic E-state index is -4.17. The summed E-state index contributed by atoms with van der Waals surface area (Å²) in [5.41, 5.74) is -1.29. The van der Waals surface area contributed by atoms with E-state index in [1.165, 1.54) is 18.3 Å². The van der Waals surface area contributed by atoms with E-state index in [2.05, 4.69) is 20.9 Å². The zero-order valence-corrected chi connectivity index (χ0v) is 10.9. The predicted molar refractivity (Wildman–Crippen MR) is 59.3 cm³/mol. The van der Waals surface area contributed by atoms with Crippen molar-refractivity contribution in [3.05, 3.63) is 15.0 Å². The third kappa shape index (κ3) is 4.39. The van der Waals surface area contributed by atoms with Gasteiger partial charge in [0.2, 0.25) is 0 Å². The molecule has 2 nitrogen and oxygen atoms in total. The summed E-state index contributed by atoms with van der Waals surface area (Å²) < 4.78 is 36.4. The van der Waals surface area contributed by atoms with Gasteiger partial charge < -0.3 is 5.11 Å². The van der Waals surface area contributed by atoms with Crippen LogP contribution in [-0.4, -0.2) is 16.3 Å². The van der Waals surface area contributed by atoms with Gasteiger partial charge in [-0.2, -0.15) is 13.2 Å². The molecule has 1 aromatic heterocycles. The Kier molecular flexibility index (Phi) is 4.36. The topological polar surface area (TPSA) is 33.1 Å². The molecule has 0 saturated carbocycles. The monoisotopic (exact) mass is 317 g/mol. The molecule has 0 aliphatic carbocycles. The highest BCUT2D eigenvalue weighted by Crippen LogP contribution is 2.32. The van der Waals surface area contributed by atoms with Crippen LogP contribution in [0.2, 0.25) is 0 Å². The van der Waals surface area contributed by atoms with Gasteiger partial charge >= 0.3 is 6.18 Å². The first-order chi connectivity index (χ1) is 7.21. The Hall–Kier alpha value is -0.140. The first-order valence-electron chi connectivity index (χ1n) is 4.61. The molecule has 0 radical (unpaired) electrons. The molecule has 1 rings (SSSR count). The third-order valence-corrected chi connectivity index (χ3v) is 3.87. The van der Waals surface area contributed by atoms with Crippen LogP contribution in [0.25, 0.3) is 0 Å². The first-order valence-corrected chi connectivity index (χ1v) is 6.29. The van der Waals surface area contributed by atoms with Crippen molar-refractivity contribution in [2.45, 2.75) is 38.0 Å². The van der Waals surface area contributed by atoms with Crippen molar-refractivity contribution < 1.29 is 18.3 Å². The van der Waals surface area contributed by atoms with Crippen LogP contribution in [0.3, 0.4) is 0 Å². The molecule has 92 valence electrons. The molecule has 16 heavy (non-hydrogen) atoms. The van der Waals surface area contributed by atoms with E-state index in [9.17, 15) is 18.3 Å². The maximum atomic E-state index is 11.9. The molecular weight excluding hydrogens is 307 g/mol. The molecular formula is C9H11BrF3NOS. The zero-order chi connectivity index (χ0) is 12.4. The van der Waals surface area contributed by atoms with Gasteiger partial charge in [0.15, 0.2) is 0 Å². The molecule has 0 bridgehead atoms. The summed E-state index contributed by atoms with van der Waals surface area (Å²) in [6.45, 7) is 1.48. The Morgan fingerprint density at radius 2 is 2.06 bits per heavy atom. The van der Waals surface area contributed by atoms with Crippen LogP contribution >= 0.6 is 27.3 Å². The van der Waals surface area contributed by atoms with E-state index in [-0.39, 0.29) is 12.8 Å². The fraction of sp³-hybridized carbons (Fsp3) is 0.667. The molecule has 1 N–H and O–H groups in total. The second-order valence-corrected chi connectivity index (χ2v) is 5.39. The largest absolute Gasteiger partial charge is 0.389 e. The van der Waals surface area contributed by atoms with Crippen LogP contribution in [-0.2, 0) is 5.60 Å². The minimum absolute atomic E-state index is 0.0481. The third-order valence-electron chi connectivity index (χ3n) is 2.06. The van der Waals surface area contributed by atoms with Crippen molar-refractivity contribution in [2.75, 3.05) is 0 Å². The molecule has 0 aliphatic rings. The van der Waals surface area contributed by atoms with Gasteiger partial charge in [-0.25, -0.2) is 4.98 Å². The molecule has 0 fully saturated rings. The predicted octanol–water partition coefficient (Wildman–Crippen LogP) is 3.85. The van der Waals surface area contributed by atoms with Crippen LogP contribution in [0.5, 0.6) is 0 Å². The van der Waals surface area contributed by atoms with Gasteiger partial charge in [-0.1, -0.05) is 0 Å². The molecule has 7 heteroatoms. The lowest BCUT2D eigenvalue weighted by Crippen LogP contribution is -2.21. The van der Waals surface area contributed by atoms with E-state index >= 15 is 0 Å². The number of aromatic nitrogens is 1. The van der Waals surface area contributed by atoms with Gasteiger partial charge in [-0.15, -0.1) is 11.3 Å². The van der Waals surface area contributed by atoms with Gasteiger partial charge in [0.05, 0.1) is 0 Å². The molecule has 1 heterocycles. The standard InChI is InChI=1S/C9H11BrF3NOS/c1-8(15,3-2-4-9(11,12)13)7-14-6(10)5-16-7/h5,15H,2-4H2,1H3. The van der Waals surface area contributed by atoms with E-state index in [1.807, 2.05) is 0 Å². The summed E-state index contributed by atoms with van der Waals surface area (Å²) in [6.07, 6.45) is -5.10. The second kappa shape index (κ2) is 5.01. The van der Waals surface area contributed by atoms with Gasteiger partial charge in [-0.3, -0.25) is 0 Å². The highest BCUT2D eigenvalue weighted by molar-refractivity contribution is 9.10. The van der Waals surface area contributed by atoms with Gasteiger partial charge in [0.1, 0.15) is 15.2 Å². The Bertz CT molecular complexity index is 351. The van der Waals surface area contributed by atoms with Crippen molar-refractivity contribution in [1.29, 1.82) is 0 Å². The minimum Gasteiger partial charge on any atom is -0.383 e. The summed E-state index contributed by atoms with van der Waals surface area (Å²) in [5.74, 6) is 0. The van der Waals surface area contributed by atoms with E-state index in [0.717, 1.165) is 0 Å². The van der Waals surface area contributed by atoms with Crippen molar-refractivity contribution >= 4 is 27.3 Å². The average molecular weight is 318 g/mol. The Morgan fingerprint density at radius 3 is 2.50 bits per heavy atom. The number of halogens is 4. The summed E-state index contributed by atoms with van der Waals surface area (Å²) in [5, 5.41) is 12.1. The zero-order valence-electron chi connectivity index (χ0n) is 8.51. The van der Waals surface area contributed by atoms with Gasteiger partial charge in [-0.05, 0) is 35.7 Å².